The Balaban J connectivity index is 1.26. The Morgan fingerprint density at radius 3 is 2.93 bits per heavy atom. The highest BCUT2D eigenvalue weighted by molar-refractivity contribution is 7.18. The van der Waals surface area contributed by atoms with Gasteiger partial charge in [-0.3, -0.25) is 4.79 Å². The molecule has 0 spiro atoms. The number of nitrogens with one attached hydrogen (secondary N) is 1. The van der Waals surface area contributed by atoms with Crippen molar-refractivity contribution in [1.29, 1.82) is 0 Å². The molecule has 1 saturated heterocycles. The van der Waals surface area contributed by atoms with E-state index in [1.54, 1.807) is 18.4 Å². The van der Waals surface area contributed by atoms with Gasteiger partial charge in [-0.15, -0.1) is 11.3 Å². The van der Waals surface area contributed by atoms with Gasteiger partial charge in [0.05, 0.1) is 28.0 Å². The fourth-order valence-electron chi connectivity index (χ4n) is 3.93. The van der Waals surface area contributed by atoms with Crippen molar-refractivity contribution >= 4 is 33.1 Å². The second-order valence-electron chi connectivity index (χ2n) is 7.45. The number of anilines is 1. The lowest BCUT2D eigenvalue weighted by Gasteiger charge is -2.35. The second kappa shape index (κ2) is 9.27. The summed E-state index contributed by atoms with van der Waals surface area (Å²) in [6.07, 6.45) is 4.31. The molecule has 1 aliphatic rings. The van der Waals surface area contributed by atoms with Crippen LogP contribution in [0.25, 0.3) is 10.2 Å². The van der Waals surface area contributed by atoms with Crippen LogP contribution in [0.1, 0.15) is 30.7 Å². The maximum absolute atomic E-state index is 12.5. The predicted molar refractivity (Wildman–Crippen MR) is 119 cm³/mol. The minimum atomic E-state index is 0.137. The summed E-state index contributed by atoms with van der Waals surface area (Å²) in [5, 5.41) is 4.34. The molecule has 3 aromatic rings. The molecule has 1 aromatic heterocycles. The van der Waals surface area contributed by atoms with Gasteiger partial charge < -0.3 is 15.0 Å². The second-order valence-corrected chi connectivity index (χ2v) is 8.57. The van der Waals surface area contributed by atoms with Crippen molar-refractivity contribution in [3.63, 3.8) is 0 Å². The van der Waals surface area contributed by atoms with Crippen LogP contribution in [0.15, 0.2) is 48.5 Å². The van der Waals surface area contributed by atoms with Crippen molar-refractivity contribution in [2.75, 3.05) is 25.1 Å². The molecule has 0 aliphatic carbocycles. The van der Waals surface area contributed by atoms with Crippen molar-refractivity contribution in [3.05, 3.63) is 53.5 Å². The third-order valence-electron chi connectivity index (χ3n) is 5.35. The van der Waals surface area contributed by atoms with Crippen LogP contribution in [0.4, 0.5) is 5.69 Å². The largest absolute Gasteiger partial charge is 0.495 e. The summed E-state index contributed by atoms with van der Waals surface area (Å²) in [6.45, 7) is 1.81. The highest BCUT2D eigenvalue weighted by atomic mass is 32.1. The van der Waals surface area contributed by atoms with Crippen LogP contribution >= 0.6 is 11.3 Å². The number of fused-ring (bicyclic) bond motifs is 1. The number of carbonyl (C=O) groups is 1. The third-order valence-corrected chi connectivity index (χ3v) is 6.44. The Kier molecular flexibility index (Phi) is 6.30. The molecular formula is C23H27N3O2S. The first-order valence-electron chi connectivity index (χ1n) is 10.2. The first kappa shape index (κ1) is 19.7. The number of rotatable bonds is 7. The number of aryl methyl sites for hydroxylation is 1. The number of thiazole rings is 1. The van der Waals surface area contributed by atoms with Gasteiger partial charge in [-0.05, 0) is 49.9 Å². The molecular weight excluding hydrogens is 382 g/mol. The third kappa shape index (κ3) is 4.88. The maximum Gasteiger partial charge on any atom is 0.220 e. The smallest absolute Gasteiger partial charge is 0.220 e. The van der Waals surface area contributed by atoms with E-state index in [-0.39, 0.29) is 11.9 Å². The van der Waals surface area contributed by atoms with Gasteiger partial charge in [-0.1, -0.05) is 24.3 Å². The number of ether oxygens (including phenoxy) is 1. The highest BCUT2D eigenvalue weighted by Gasteiger charge is 2.23. The van der Waals surface area contributed by atoms with E-state index in [0.717, 1.165) is 60.7 Å². The van der Waals surface area contributed by atoms with Crippen LogP contribution in [0, 0.1) is 0 Å². The van der Waals surface area contributed by atoms with E-state index in [1.807, 2.05) is 36.4 Å². The average molecular weight is 410 g/mol. The minimum absolute atomic E-state index is 0.137. The van der Waals surface area contributed by atoms with Crippen LogP contribution in [-0.2, 0) is 11.2 Å². The van der Waals surface area contributed by atoms with Crippen LogP contribution in [-0.4, -0.2) is 37.1 Å². The first-order valence-corrected chi connectivity index (χ1v) is 11.1. The van der Waals surface area contributed by atoms with E-state index in [2.05, 4.69) is 27.3 Å². The minimum Gasteiger partial charge on any atom is -0.495 e. The van der Waals surface area contributed by atoms with Gasteiger partial charge in [-0.2, -0.15) is 0 Å². The Hall–Kier alpha value is -2.60. The molecule has 2 aromatic carbocycles. The number of aromatic nitrogens is 1. The quantitative estimate of drug-likeness (QED) is 0.628. The fourth-order valence-corrected chi connectivity index (χ4v) is 4.94. The summed E-state index contributed by atoms with van der Waals surface area (Å²) in [6, 6.07) is 16.5. The molecule has 1 aliphatic heterocycles. The van der Waals surface area contributed by atoms with E-state index in [0.29, 0.717) is 6.42 Å². The number of para-hydroxylation sites is 3. The molecule has 1 unspecified atom stereocenters. The van der Waals surface area contributed by atoms with Crippen molar-refractivity contribution in [1.82, 2.24) is 10.3 Å². The van der Waals surface area contributed by atoms with Crippen molar-refractivity contribution in [2.45, 2.75) is 38.1 Å². The van der Waals surface area contributed by atoms with Crippen LogP contribution < -0.4 is 15.0 Å². The van der Waals surface area contributed by atoms with Crippen molar-refractivity contribution in [2.24, 2.45) is 0 Å². The lowest BCUT2D eigenvalue weighted by Crippen LogP contribution is -2.47. The lowest BCUT2D eigenvalue weighted by atomic mass is 10.0. The highest BCUT2D eigenvalue weighted by Crippen LogP contribution is 2.30. The van der Waals surface area contributed by atoms with Crippen LogP contribution in [0.5, 0.6) is 5.75 Å². The van der Waals surface area contributed by atoms with E-state index in [1.165, 1.54) is 4.70 Å². The van der Waals surface area contributed by atoms with Gasteiger partial charge >= 0.3 is 0 Å². The van der Waals surface area contributed by atoms with E-state index in [4.69, 9.17) is 4.74 Å². The maximum atomic E-state index is 12.5. The van der Waals surface area contributed by atoms with Gasteiger partial charge in [0.1, 0.15) is 5.75 Å². The SMILES string of the molecule is COc1ccccc1N1CCCC(NC(=O)CCCc2nc3ccccc3s2)C1. The summed E-state index contributed by atoms with van der Waals surface area (Å²) in [4.78, 5) is 19.4. The summed E-state index contributed by atoms with van der Waals surface area (Å²) in [7, 11) is 1.70. The Morgan fingerprint density at radius 2 is 2.07 bits per heavy atom. The van der Waals surface area contributed by atoms with Crippen LogP contribution in [0.2, 0.25) is 0 Å². The Bertz CT molecular complexity index is 938. The Labute approximate surface area is 175 Å². The number of hydrogen-bond donors (Lipinski definition) is 1. The number of amides is 1. The number of nitrogens with zero attached hydrogens (tertiary/aromatic N) is 2. The zero-order chi connectivity index (χ0) is 20.1. The molecule has 5 nitrogen and oxygen atoms in total. The molecule has 0 radical (unpaired) electrons. The number of hydrogen-bond acceptors (Lipinski definition) is 5. The molecule has 0 saturated carbocycles. The summed E-state index contributed by atoms with van der Waals surface area (Å²) in [5.74, 6) is 1.02. The number of piperidine rings is 1. The van der Waals surface area contributed by atoms with E-state index in [9.17, 15) is 4.79 Å². The number of carbonyl (C=O) groups excluding carboxylic acids is 1. The molecule has 152 valence electrons. The summed E-state index contributed by atoms with van der Waals surface area (Å²) >= 11 is 1.72. The average Bonchev–Trinajstić information content (AvgIpc) is 3.16. The van der Waals surface area contributed by atoms with E-state index >= 15 is 0 Å². The molecule has 1 amide bonds. The zero-order valence-corrected chi connectivity index (χ0v) is 17.6. The van der Waals surface area contributed by atoms with Gasteiger partial charge in [0.2, 0.25) is 5.91 Å². The molecule has 1 fully saturated rings. The summed E-state index contributed by atoms with van der Waals surface area (Å²) in [5.41, 5.74) is 2.15. The molecule has 29 heavy (non-hydrogen) atoms. The normalized spacial score (nSPS) is 16.7. The predicted octanol–water partition coefficient (Wildman–Crippen LogP) is 4.41. The van der Waals surface area contributed by atoms with Gasteiger partial charge in [-0.25, -0.2) is 4.98 Å². The monoisotopic (exact) mass is 409 g/mol. The number of methoxy groups -OCH3 is 1. The van der Waals surface area contributed by atoms with E-state index < -0.39 is 0 Å². The topological polar surface area (TPSA) is 54.5 Å². The molecule has 0 bridgehead atoms. The van der Waals surface area contributed by atoms with Gasteiger partial charge in [0, 0.05) is 25.6 Å². The number of benzene rings is 2. The fraction of sp³-hybridized carbons (Fsp3) is 0.391. The first-order chi connectivity index (χ1) is 14.2. The molecule has 1 atom stereocenters. The standard InChI is InChI=1S/C23H27N3O2S/c1-28-20-11-4-3-10-19(20)26-15-7-8-17(16-26)24-22(27)13-6-14-23-25-18-9-2-5-12-21(18)29-23/h2-5,9-12,17H,6-8,13-16H2,1H3,(H,24,27). The van der Waals surface area contributed by atoms with Gasteiger partial charge in [0.15, 0.2) is 0 Å². The molecule has 6 heteroatoms. The summed E-state index contributed by atoms with van der Waals surface area (Å²) < 4.78 is 6.71. The molecule has 1 N–H and O–H groups in total. The zero-order valence-electron chi connectivity index (χ0n) is 16.8. The van der Waals surface area contributed by atoms with Crippen molar-refractivity contribution in [3.8, 4) is 5.75 Å². The van der Waals surface area contributed by atoms with Crippen LogP contribution in [0.3, 0.4) is 0 Å². The Morgan fingerprint density at radius 1 is 1.24 bits per heavy atom. The van der Waals surface area contributed by atoms with Crippen molar-refractivity contribution < 1.29 is 9.53 Å². The molecule has 2 heterocycles. The molecule has 4 rings (SSSR count). The van der Waals surface area contributed by atoms with Gasteiger partial charge in [0.25, 0.3) is 0 Å². The lowest BCUT2D eigenvalue weighted by molar-refractivity contribution is -0.121.